The van der Waals surface area contributed by atoms with Crippen LogP contribution in [0.1, 0.15) is 16.1 Å². The number of aryl methyl sites for hydroxylation is 1. The molecule has 3 heterocycles. The van der Waals surface area contributed by atoms with Gasteiger partial charge in [0.1, 0.15) is 11.5 Å². The first-order valence-electron chi connectivity index (χ1n) is 8.01. The molecular formula is C19H15N5O2. The first kappa shape index (κ1) is 15.8. The average Bonchev–Trinajstić information content (AvgIpc) is 3.12. The first-order chi connectivity index (χ1) is 12.7. The smallest absolute Gasteiger partial charge is 0.270 e. The van der Waals surface area contributed by atoms with Gasteiger partial charge >= 0.3 is 0 Å². The number of anilines is 1. The molecule has 0 aliphatic rings. The number of fused-ring (bicyclic) bond motifs is 1. The van der Waals surface area contributed by atoms with Crippen molar-refractivity contribution < 1.29 is 9.21 Å². The Hall–Kier alpha value is -3.74. The van der Waals surface area contributed by atoms with E-state index in [9.17, 15) is 4.79 Å². The average molecular weight is 345 g/mol. The topological polar surface area (TPSA) is 92.9 Å². The van der Waals surface area contributed by atoms with Crippen LogP contribution in [0.3, 0.4) is 0 Å². The third-order valence-electron chi connectivity index (χ3n) is 3.81. The van der Waals surface area contributed by atoms with Crippen LogP contribution in [-0.2, 0) is 0 Å². The van der Waals surface area contributed by atoms with Gasteiger partial charge in [-0.15, -0.1) is 0 Å². The van der Waals surface area contributed by atoms with Crippen LogP contribution in [-0.4, -0.2) is 20.9 Å². The van der Waals surface area contributed by atoms with Crippen LogP contribution in [0, 0.1) is 6.92 Å². The number of furan rings is 1. The lowest BCUT2D eigenvalue weighted by molar-refractivity contribution is 0.0964. The van der Waals surface area contributed by atoms with Crippen LogP contribution < -0.4 is 10.9 Å². The molecule has 3 aromatic heterocycles. The van der Waals surface area contributed by atoms with Crippen molar-refractivity contribution in [2.45, 2.75) is 6.92 Å². The Kier molecular flexibility index (Phi) is 4.03. The highest BCUT2D eigenvalue weighted by Gasteiger charge is 2.15. The van der Waals surface area contributed by atoms with Crippen molar-refractivity contribution in [2.75, 3.05) is 5.43 Å². The van der Waals surface area contributed by atoms with Gasteiger partial charge in [-0.2, -0.15) is 0 Å². The summed E-state index contributed by atoms with van der Waals surface area (Å²) in [5, 5.41) is 0.743. The zero-order valence-electron chi connectivity index (χ0n) is 13.9. The zero-order chi connectivity index (χ0) is 17.9. The molecule has 7 nitrogen and oxygen atoms in total. The lowest BCUT2D eigenvalue weighted by Crippen LogP contribution is -2.30. The SMILES string of the molecule is Cc1ccc(-c2cc(C(=O)NNc3ncccn3)c3ccccc3n2)o1. The van der Waals surface area contributed by atoms with Crippen molar-refractivity contribution >= 4 is 22.8 Å². The van der Waals surface area contributed by atoms with Gasteiger partial charge in [-0.3, -0.25) is 15.6 Å². The number of benzene rings is 1. The van der Waals surface area contributed by atoms with Crippen molar-refractivity contribution in [1.29, 1.82) is 0 Å². The van der Waals surface area contributed by atoms with E-state index < -0.39 is 0 Å². The Morgan fingerprint density at radius 1 is 1.04 bits per heavy atom. The van der Waals surface area contributed by atoms with Crippen LogP contribution >= 0.6 is 0 Å². The number of nitrogens with zero attached hydrogens (tertiary/aromatic N) is 3. The molecule has 0 bridgehead atoms. The van der Waals surface area contributed by atoms with E-state index in [0.29, 0.717) is 28.5 Å². The molecule has 0 spiro atoms. The molecule has 0 fully saturated rings. The molecule has 0 saturated heterocycles. The lowest BCUT2D eigenvalue weighted by atomic mass is 10.1. The fourth-order valence-corrected chi connectivity index (χ4v) is 2.61. The molecule has 1 amide bonds. The first-order valence-corrected chi connectivity index (χ1v) is 8.01. The molecule has 4 aromatic rings. The minimum absolute atomic E-state index is 0.307. The number of carbonyl (C=O) groups excluding carboxylic acids is 1. The molecule has 0 saturated carbocycles. The van der Waals surface area contributed by atoms with Crippen LogP contribution in [0.4, 0.5) is 5.95 Å². The van der Waals surface area contributed by atoms with E-state index >= 15 is 0 Å². The highest BCUT2D eigenvalue weighted by atomic mass is 16.3. The highest BCUT2D eigenvalue weighted by Crippen LogP contribution is 2.26. The number of rotatable bonds is 4. The van der Waals surface area contributed by atoms with Gasteiger partial charge in [0.05, 0.1) is 11.1 Å². The Balaban J connectivity index is 1.71. The van der Waals surface area contributed by atoms with Gasteiger partial charge in [-0.05, 0) is 37.3 Å². The van der Waals surface area contributed by atoms with Crippen molar-refractivity contribution in [3.63, 3.8) is 0 Å². The summed E-state index contributed by atoms with van der Waals surface area (Å²) in [6.45, 7) is 1.86. The summed E-state index contributed by atoms with van der Waals surface area (Å²) in [4.78, 5) is 25.4. The molecular weight excluding hydrogens is 330 g/mol. The normalized spacial score (nSPS) is 10.7. The Labute approximate surface area is 149 Å². The number of hydrogen-bond acceptors (Lipinski definition) is 6. The van der Waals surface area contributed by atoms with E-state index in [4.69, 9.17) is 4.42 Å². The number of amides is 1. The van der Waals surface area contributed by atoms with Gasteiger partial charge in [-0.25, -0.2) is 15.0 Å². The lowest BCUT2D eigenvalue weighted by Gasteiger charge is -2.10. The molecule has 4 rings (SSSR count). The second-order valence-electron chi connectivity index (χ2n) is 5.63. The monoisotopic (exact) mass is 345 g/mol. The van der Waals surface area contributed by atoms with Crippen LogP contribution in [0.2, 0.25) is 0 Å². The molecule has 0 radical (unpaired) electrons. The fraction of sp³-hybridized carbons (Fsp3) is 0.0526. The molecule has 0 aliphatic carbocycles. The van der Waals surface area contributed by atoms with Crippen molar-refractivity contribution in [1.82, 2.24) is 20.4 Å². The summed E-state index contributed by atoms with van der Waals surface area (Å²) in [7, 11) is 0. The molecule has 1 aromatic carbocycles. The van der Waals surface area contributed by atoms with E-state index in [0.717, 1.165) is 11.1 Å². The third-order valence-corrected chi connectivity index (χ3v) is 3.81. The van der Waals surface area contributed by atoms with E-state index in [1.807, 2.05) is 43.3 Å². The van der Waals surface area contributed by atoms with Gasteiger partial charge < -0.3 is 4.42 Å². The Morgan fingerprint density at radius 2 is 1.85 bits per heavy atom. The van der Waals surface area contributed by atoms with E-state index in [-0.39, 0.29) is 5.91 Å². The van der Waals surface area contributed by atoms with E-state index in [1.54, 1.807) is 24.5 Å². The molecule has 7 heteroatoms. The minimum Gasteiger partial charge on any atom is -0.460 e. The third kappa shape index (κ3) is 3.10. The standard InChI is InChI=1S/C19H15N5O2/c1-12-7-8-17(26-12)16-11-14(13-5-2-3-6-15(13)22-16)18(25)23-24-19-20-9-4-10-21-19/h2-11H,1H3,(H,23,25)(H,20,21,24). The summed E-state index contributed by atoms with van der Waals surface area (Å²) in [6, 6.07) is 14.6. The van der Waals surface area contributed by atoms with Gasteiger partial charge in [0.25, 0.3) is 5.91 Å². The Bertz CT molecular complexity index is 1080. The highest BCUT2D eigenvalue weighted by molar-refractivity contribution is 6.07. The number of carbonyl (C=O) groups is 1. The van der Waals surface area contributed by atoms with Gasteiger partial charge in [0.15, 0.2) is 5.76 Å². The zero-order valence-corrected chi connectivity index (χ0v) is 13.9. The molecule has 2 N–H and O–H groups in total. The quantitative estimate of drug-likeness (QED) is 0.551. The molecule has 26 heavy (non-hydrogen) atoms. The maximum absolute atomic E-state index is 12.7. The summed E-state index contributed by atoms with van der Waals surface area (Å²) < 4.78 is 5.65. The van der Waals surface area contributed by atoms with Crippen LogP contribution in [0.5, 0.6) is 0 Å². The number of nitrogens with one attached hydrogen (secondary N) is 2. The maximum atomic E-state index is 12.7. The van der Waals surface area contributed by atoms with Gasteiger partial charge in [0.2, 0.25) is 5.95 Å². The van der Waals surface area contributed by atoms with E-state index in [2.05, 4.69) is 25.8 Å². The summed E-state index contributed by atoms with van der Waals surface area (Å²) in [5.74, 6) is 1.38. The van der Waals surface area contributed by atoms with Crippen molar-refractivity contribution in [3.8, 4) is 11.5 Å². The fourth-order valence-electron chi connectivity index (χ4n) is 2.61. The van der Waals surface area contributed by atoms with E-state index in [1.165, 1.54) is 0 Å². The number of para-hydroxylation sites is 1. The number of pyridine rings is 1. The predicted octanol–water partition coefficient (Wildman–Crippen LogP) is 3.35. The largest absolute Gasteiger partial charge is 0.460 e. The predicted molar refractivity (Wildman–Crippen MR) is 97.3 cm³/mol. The molecule has 0 unspecified atom stereocenters. The van der Waals surface area contributed by atoms with Gasteiger partial charge in [0, 0.05) is 17.8 Å². The molecule has 128 valence electrons. The Morgan fingerprint density at radius 3 is 2.62 bits per heavy atom. The number of aromatic nitrogens is 3. The van der Waals surface area contributed by atoms with Crippen LogP contribution in [0.15, 0.2) is 65.3 Å². The summed E-state index contributed by atoms with van der Waals surface area (Å²) >= 11 is 0. The number of hydrazine groups is 1. The second kappa shape index (κ2) is 6.64. The van der Waals surface area contributed by atoms with Crippen molar-refractivity contribution in [2.24, 2.45) is 0 Å². The molecule has 0 aliphatic heterocycles. The molecule has 0 atom stereocenters. The summed E-state index contributed by atoms with van der Waals surface area (Å²) in [5.41, 5.74) is 7.10. The van der Waals surface area contributed by atoms with Crippen molar-refractivity contribution in [3.05, 3.63) is 72.2 Å². The summed E-state index contributed by atoms with van der Waals surface area (Å²) in [6.07, 6.45) is 3.17. The number of hydrogen-bond donors (Lipinski definition) is 2. The van der Waals surface area contributed by atoms with Crippen LogP contribution in [0.25, 0.3) is 22.4 Å². The minimum atomic E-state index is -0.319. The maximum Gasteiger partial charge on any atom is 0.270 e. The van der Waals surface area contributed by atoms with Gasteiger partial charge in [-0.1, -0.05) is 18.2 Å². The second-order valence-corrected chi connectivity index (χ2v) is 5.63.